The van der Waals surface area contributed by atoms with E-state index in [1.165, 1.54) is 21.1 Å². The van der Waals surface area contributed by atoms with Crippen LogP contribution < -0.4 is 5.32 Å². The Morgan fingerprint density at radius 3 is 2.74 bits per heavy atom. The van der Waals surface area contributed by atoms with Gasteiger partial charge >= 0.3 is 0 Å². The highest BCUT2D eigenvalue weighted by Crippen LogP contribution is 2.37. The van der Waals surface area contributed by atoms with Gasteiger partial charge in [0.2, 0.25) is 0 Å². The van der Waals surface area contributed by atoms with Crippen molar-refractivity contribution in [1.29, 1.82) is 0 Å². The fourth-order valence-corrected chi connectivity index (χ4v) is 3.61. The summed E-state index contributed by atoms with van der Waals surface area (Å²) in [7, 11) is 0. The zero-order chi connectivity index (χ0) is 13.4. The van der Waals surface area contributed by atoms with Gasteiger partial charge in [-0.25, -0.2) is 0 Å². The Labute approximate surface area is 127 Å². The minimum absolute atomic E-state index is 0.292. The fraction of sp³-hybridized carbons (Fsp3) is 0.438. The Bertz CT molecular complexity index is 532. The van der Waals surface area contributed by atoms with Crippen LogP contribution in [0.1, 0.15) is 38.2 Å². The van der Waals surface area contributed by atoms with Crippen LogP contribution in [0, 0.1) is 3.57 Å². The molecule has 3 rings (SSSR count). The second-order valence-electron chi connectivity index (χ2n) is 5.37. The summed E-state index contributed by atoms with van der Waals surface area (Å²) in [4.78, 5) is 12.3. The Hall–Kier alpha value is -0.680. The van der Waals surface area contributed by atoms with Gasteiger partial charge in [0.25, 0.3) is 0 Å². The van der Waals surface area contributed by atoms with Crippen molar-refractivity contribution in [2.24, 2.45) is 0 Å². The lowest BCUT2D eigenvalue weighted by molar-refractivity contribution is -0.115. The molecule has 1 aromatic carbocycles. The molecular formula is C16H18INO. The van der Waals surface area contributed by atoms with E-state index in [2.05, 4.69) is 52.2 Å². The van der Waals surface area contributed by atoms with Crippen molar-refractivity contribution in [1.82, 2.24) is 5.32 Å². The molecule has 19 heavy (non-hydrogen) atoms. The van der Waals surface area contributed by atoms with E-state index in [-0.39, 0.29) is 0 Å². The molecule has 0 saturated carbocycles. The second-order valence-corrected chi connectivity index (χ2v) is 6.62. The summed E-state index contributed by atoms with van der Waals surface area (Å²) in [5, 5.41) is 3.59. The van der Waals surface area contributed by atoms with Crippen LogP contribution in [0.3, 0.4) is 0 Å². The lowest BCUT2D eigenvalue weighted by Crippen LogP contribution is -2.38. The van der Waals surface area contributed by atoms with Crippen LogP contribution in [-0.4, -0.2) is 17.9 Å². The van der Waals surface area contributed by atoms with E-state index in [1.807, 2.05) is 6.92 Å². The lowest BCUT2D eigenvalue weighted by Gasteiger charge is -2.27. The van der Waals surface area contributed by atoms with Crippen LogP contribution in [0.25, 0.3) is 5.57 Å². The van der Waals surface area contributed by atoms with E-state index in [1.54, 1.807) is 0 Å². The number of Topliss-reactive ketones (excluding diaryl/α,β-unsaturated/α-hetero) is 1. The van der Waals surface area contributed by atoms with Crippen LogP contribution in [0.2, 0.25) is 0 Å². The summed E-state index contributed by atoms with van der Waals surface area (Å²) in [6.45, 7) is 1.96. The third-order valence-electron chi connectivity index (χ3n) is 4.18. The van der Waals surface area contributed by atoms with Gasteiger partial charge in [0.05, 0.1) is 0 Å². The second kappa shape index (κ2) is 5.37. The smallest absolute Gasteiger partial charge is 0.160 e. The molecule has 0 aliphatic carbocycles. The van der Waals surface area contributed by atoms with E-state index >= 15 is 0 Å². The van der Waals surface area contributed by atoms with Crippen LogP contribution in [0.5, 0.6) is 0 Å². The van der Waals surface area contributed by atoms with Gasteiger partial charge in [0, 0.05) is 27.6 Å². The minimum atomic E-state index is 0.292. The van der Waals surface area contributed by atoms with E-state index in [0.717, 1.165) is 18.4 Å². The van der Waals surface area contributed by atoms with Crippen molar-refractivity contribution in [3.05, 3.63) is 39.0 Å². The molecule has 2 aliphatic rings. The number of ketones is 1. The molecule has 0 aromatic heterocycles. The number of fused-ring (bicyclic) bond motifs is 2. The summed E-state index contributed by atoms with van der Waals surface area (Å²) in [6.07, 6.45) is 3.91. The number of rotatable bonds is 3. The Morgan fingerprint density at radius 2 is 2.05 bits per heavy atom. The van der Waals surface area contributed by atoms with Gasteiger partial charge in [-0.2, -0.15) is 0 Å². The maximum atomic E-state index is 12.3. The summed E-state index contributed by atoms with van der Waals surface area (Å²) in [5.41, 5.74) is 3.57. The van der Waals surface area contributed by atoms with Gasteiger partial charge in [0.1, 0.15) is 0 Å². The number of hydrogen-bond acceptors (Lipinski definition) is 2. The first-order valence-corrected chi connectivity index (χ1v) is 8.05. The van der Waals surface area contributed by atoms with Crippen molar-refractivity contribution in [2.45, 2.75) is 44.7 Å². The summed E-state index contributed by atoms with van der Waals surface area (Å²) < 4.78 is 1.24. The topological polar surface area (TPSA) is 29.1 Å². The summed E-state index contributed by atoms with van der Waals surface area (Å²) in [5.74, 6) is 0.311. The van der Waals surface area contributed by atoms with Crippen LogP contribution in [0.4, 0.5) is 0 Å². The first kappa shape index (κ1) is 13.3. The molecule has 100 valence electrons. The molecule has 2 bridgehead atoms. The van der Waals surface area contributed by atoms with Crippen molar-refractivity contribution in [2.75, 3.05) is 0 Å². The molecule has 2 atom stereocenters. The average Bonchev–Trinajstić information content (AvgIpc) is 2.80. The Kier molecular flexibility index (Phi) is 3.76. The number of benzene rings is 1. The molecule has 1 saturated heterocycles. The number of carbonyl (C=O) groups excluding carboxylic acids is 1. The van der Waals surface area contributed by atoms with Crippen molar-refractivity contribution in [3.8, 4) is 0 Å². The molecule has 1 fully saturated rings. The van der Waals surface area contributed by atoms with Crippen LogP contribution >= 0.6 is 22.6 Å². The molecule has 0 spiro atoms. The number of carbonyl (C=O) groups is 1. The van der Waals surface area contributed by atoms with Crippen LogP contribution in [-0.2, 0) is 4.79 Å². The molecular weight excluding hydrogens is 349 g/mol. The van der Waals surface area contributed by atoms with Crippen molar-refractivity contribution < 1.29 is 4.79 Å². The Morgan fingerprint density at radius 1 is 1.32 bits per heavy atom. The molecule has 2 heterocycles. The maximum Gasteiger partial charge on any atom is 0.160 e. The molecule has 0 radical (unpaired) electrons. The predicted molar refractivity (Wildman–Crippen MR) is 85.9 cm³/mol. The first-order chi connectivity index (χ1) is 9.19. The van der Waals surface area contributed by atoms with Crippen molar-refractivity contribution >= 4 is 33.9 Å². The predicted octanol–water partition coefficient (Wildman–Crippen LogP) is 3.55. The first-order valence-electron chi connectivity index (χ1n) is 6.97. The molecule has 2 nitrogen and oxygen atoms in total. The summed E-state index contributed by atoms with van der Waals surface area (Å²) >= 11 is 2.32. The highest BCUT2D eigenvalue weighted by Gasteiger charge is 2.36. The van der Waals surface area contributed by atoms with E-state index in [9.17, 15) is 4.79 Å². The van der Waals surface area contributed by atoms with Gasteiger partial charge < -0.3 is 5.32 Å². The van der Waals surface area contributed by atoms with Gasteiger partial charge in [-0.1, -0.05) is 19.1 Å². The molecule has 1 aromatic rings. The molecule has 0 amide bonds. The third-order valence-corrected chi connectivity index (χ3v) is 4.90. The lowest BCUT2D eigenvalue weighted by atomic mass is 9.87. The molecule has 2 aliphatic heterocycles. The minimum Gasteiger partial charge on any atom is -0.307 e. The largest absolute Gasteiger partial charge is 0.307 e. The number of nitrogens with one attached hydrogen (secondary N) is 1. The molecule has 1 N–H and O–H groups in total. The normalized spacial score (nSPS) is 25.8. The third kappa shape index (κ3) is 2.50. The standard InChI is InChI=1S/C16H18INO/c1-2-15(19)16-13(9-12-7-8-14(16)18-12)10-3-5-11(17)6-4-10/h3-6,12,14,18H,2,7-9H2,1H3/t12?,14-/m1/s1. The van der Waals surface area contributed by atoms with E-state index < -0.39 is 0 Å². The Balaban J connectivity index is 2.07. The van der Waals surface area contributed by atoms with E-state index in [0.29, 0.717) is 24.3 Å². The monoisotopic (exact) mass is 367 g/mol. The van der Waals surface area contributed by atoms with Crippen LogP contribution in [0.15, 0.2) is 29.8 Å². The SMILES string of the molecule is CCC(=O)C1=C(c2ccc(I)cc2)CC2CC[C@H]1N2. The molecule has 3 heteroatoms. The highest BCUT2D eigenvalue weighted by atomic mass is 127. The maximum absolute atomic E-state index is 12.3. The molecule has 1 unspecified atom stereocenters. The van der Waals surface area contributed by atoms with E-state index in [4.69, 9.17) is 0 Å². The number of hydrogen-bond donors (Lipinski definition) is 1. The zero-order valence-corrected chi connectivity index (χ0v) is 13.2. The fourth-order valence-electron chi connectivity index (χ4n) is 3.25. The van der Waals surface area contributed by atoms with Gasteiger partial charge in [-0.15, -0.1) is 0 Å². The van der Waals surface area contributed by atoms with Crippen molar-refractivity contribution in [3.63, 3.8) is 0 Å². The van der Waals surface area contributed by atoms with Gasteiger partial charge in [-0.3, -0.25) is 4.79 Å². The zero-order valence-electron chi connectivity index (χ0n) is 11.1. The van der Waals surface area contributed by atoms with Gasteiger partial charge in [-0.05, 0) is 65.1 Å². The van der Waals surface area contributed by atoms with Gasteiger partial charge in [0.15, 0.2) is 5.78 Å². The average molecular weight is 367 g/mol. The quantitative estimate of drug-likeness (QED) is 0.828. The number of halogens is 1. The summed E-state index contributed by atoms with van der Waals surface area (Å²) in [6, 6.07) is 9.42. The highest BCUT2D eigenvalue weighted by molar-refractivity contribution is 14.1.